The molecule has 0 N–H and O–H groups in total. The second-order valence-corrected chi connectivity index (χ2v) is 8.56. The quantitative estimate of drug-likeness (QED) is 0.100. The topological polar surface area (TPSA) is 0 Å². The summed E-state index contributed by atoms with van der Waals surface area (Å²) in [4.78, 5) is 0. The summed E-state index contributed by atoms with van der Waals surface area (Å²) >= 11 is 0. The van der Waals surface area contributed by atoms with Gasteiger partial charge in [-0.05, 0) is 42.8 Å². The molecule has 41 heavy (non-hydrogen) atoms. The molecule has 8 heteroatoms. The number of rotatable bonds is 2. The van der Waals surface area contributed by atoms with Crippen LogP contribution in [0, 0.1) is 82.1 Å². The maximum Gasteiger partial charge on any atom is 0.196 e. The highest BCUT2D eigenvalue weighted by molar-refractivity contribution is 5.52. The van der Waals surface area contributed by atoms with Crippen LogP contribution >= 0.6 is 0 Å². The van der Waals surface area contributed by atoms with Gasteiger partial charge in [-0.25, -0.2) is 35.1 Å². The summed E-state index contributed by atoms with van der Waals surface area (Å²) in [5.41, 5.74) is -3.03. The average molecular weight is 564 g/mol. The zero-order chi connectivity index (χ0) is 29.7. The molecule has 0 bridgehead atoms. The molecule has 0 aliphatic rings. The maximum atomic E-state index is 14.6. The van der Waals surface area contributed by atoms with Gasteiger partial charge in [0.05, 0.1) is 5.56 Å². The van der Waals surface area contributed by atoms with Gasteiger partial charge in [0, 0.05) is 22.3 Å². The predicted molar refractivity (Wildman–Crippen MR) is 137 cm³/mol. The van der Waals surface area contributed by atoms with E-state index in [9.17, 15) is 35.1 Å². The Labute approximate surface area is 230 Å². The lowest BCUT2D eigenvalue weighted by molar-refractivity contribution is 0.422. The summed E-state index contributed by atoms with van der Waals surface area (Å²) in [7, 11) is 0. The lowest BCUT2D eigenvalue weighted by Gasteiger charge is -2.08. The zero-order valence-corrected chi connectivity index (χ0v) is 21.1. The molecule has 0 aliphatic carbocycles. The minimum absolute atomic E-state index is 0.151. The molecule has 0 spiro atoms. The van der Waals surface area contributed by atoms with Gasteiger partial charge in [0.25, 0.3) is 0 Å². The van der Waals surface area contributed by atoms with Crippen LogP contribution in [-0.4, -0.2) is 0 Å². The van der Waals surface area contributed by atoms with E-state index in [0.717, 1.165) is 0 Å². The summed E-state index contributed by atoms with van der Waals surface area (Å²) in [5.74, 6) is 0.265. The molecule has 204 valence electrons. The maximum absolute atomic E-state index is 14.6. The minimum atomic E-state index is -1.83. The first kappa shape index (κ1) is 29.0. The number of hydrogen-bond acceptors (Lipinski definition) is 0. The number of hydrogen-bond donors (Lipinski definition) is 0. The molecule has 0 aliphatic heterocycles. The van der Waals surface area contributed by atoms with Gasteiger partial charge in [-0.3, -0.25) is 0 Å². The van der Waals surface area contributed by atoms with Crippen molar-refractivity contribution in [1.82, 2.24) is 0 Å². The summed E-state index contributed by atoms with van der Waals surface area (Å²) in [5, 5.41) is 0. The molecule has 0 radical (unpaired) electrons. The van der Waals surface area contributed by atoms with Crippen LogP contribution in [0.4, 0.5) is 35.1 Å². The second-order valence-electron chi connectivity index (χ2n) is 8.56. The van der Waals surface area contributed by atoms with Crippen molar-refractivity contribution < 1.29 is 35.1 Å². The fraction of sp³-hybridized carbons (Fsp3) is 0.0909. The predicted octanol–water partition coefficient (Wildman–Crippen LogP) is 7.95. The Morgan fingerprint density at radius 3 is 1.20 bits per heavy atom. The Kier molecular flexibility index (Phi) is 8.81. The van der Waals surface area contributed by atoms with Crippen molar-refractivity contribution in [2.75, 3.05) is 0 Å². The fourth-order valence-corrected chi connectivity index (χ4v) is 3.67. The molecule has 0 heterocycles. The van der Waals surface area contributed by atoms with E-state index in [0.29, 0.717) is 5.56 Å². The standard InChI is InChI=1S/C33H16F8/c1-2-6-22-26(34)23(32(40)33(41)31(22)39)16-14-20-9-11-21(12-10-20)15-18-25-29(37)27(35)24(28(36)30(25)38)17-13-19-7-4-3-5-8-19/h3-5,7-12H,2,6H2,1H3. The van der Waals surface area contributed by atoms with Gasteiger partial charge in [-0.15, -0.1) is 0 Å². The number of benzene rings is 4. The molecule has 4 rings (SSSR count). The lowest BCUT2D eigenvalue weighted by Crippen LogP contribution is -2.06. The molecule has 0 unspecified atom stereocenters. The molecular weight excluding hydrogens is 548 g/mol. The van der Waals surface area contributed by atoms with E-state index < -0.39 is 68.8 Å². The SMILES string of the molecule is CCCc1c(F)c(F)c(F)c(C#Cc2ccc(C#Cc3c(F)c(F)c(C#Cc4ccccc4)c(F)c3F)cc2)c1F. The molecule has 0 saturated heterocycles. The van der Waals surface area contributed by atoms with E-state index in [1.54, 1.807) is 37.3 Å². The van der Waals surface area contributed by atoms with Gasteiger partial charge < -0.3 is 0 Å². The molecule has 0 aromatic heterocycles. The van der Waals surface area contributed by atoms with Crippen molar-refractivity contribution in [3.63, 3.8) is 0 Å². The van der Waals surface area contributed by atoms with Gasteiger partial charge in [0.2, 0.25) is 0 Å². The summed E-state index contributed by atoms with van der Waals surface area (Å²) < 4.78 is 115. The summed E-state index contributed by atoms with van der Waals surface area (Å²) in [6, 6.07) is 13.4. The van der Waals surface area contributed by atoms with Crippen molar-refractivity contribution in [3.05, 3.63) is 140 Å². The van der Waals surface area contributed by atoms with E-state index >= 15 is 0 Å². The fourth-order valence-electron chi connectivity index (χ4n) is 3.67. The minimum Gasteiger partial charge on any atom is -0.205 e. The lowest BCUT2D eigenvalue weighted by atomic mass is 10.0. The Morgan fingerprint density at radius 1 is 0.415 bits per heavy atom. The van der Waals surface area contributed by atoms with Crippen LogP contribution in [0.3, 0.4) is 0 Å². The highest BCUT2D eigenvalue weighted by Crippen LogP contribution is 2.25. The second kappa shape index (κ2) is 12.5. The molecule has 0 nitrogen and oxygen atoms in total. The van der Waals surface area contributed by atoms with E-state index in [2.05, 4.69) is 35.5 Å². The van der Waals surface area contributed by atoms with Crippen LogP contribution in [0.5, 0.6) is 0 Å². The monoisotopic (exact) mass is 564 g/mol. The average Bonchev–Trinajstić information content (AvgIpc) is 2.98. The van der Waals surface area contributed by atoms with Crippen molar-refractivity contribution in [2.45, 2.75) is 19.8 Å². The normalized spacial score (nSPS) is 10.2. The largest absolute Gasteiger partial charge is 0.205 e. The smallest absolute Gasteiger partial charge is 0.196 e. The summed E-state index contributed by atoms with van der Waals surface area (Å²) in [6.45, 7) is 1.61. The van der Waals surface area contributed by atoms with Gasteiger partial charge in [-0.1, -0.05) is 67.1 Å². The molecular formula is C33H16F8. The van der Waals surface area contributed by atoms with E-state index in [1.165, 1.54) is 24.3 Å². The third-order valence-electron chi connectivity index (χ3n) is 5.77. The van der Waals surface area contributed by atoms with E-state index in [-0.39, 0.29) is 24.0 Å². The third kappa shape index (κ3) is 6.11. The third-order valence-corrected chi connectivity index (χ3v) is 5.77. The van der Waals surface area contributed by atoms with Crippen molar-refractivity contribution in [3.8, 4) is 35.5 Å². The van der Waals surface area contributed by atoms with Crippen LogP contribution in [0.25, 0.3) is 0 Å². The molecule has 0 fully saturated rings. The Balaban J connectivity index is 1.62. The Bertz CT molecular complexity index is 1790. The molecule has 0 atom stereocenters. The highest BCUT2D eigenvalue weighted by Gasteiger charge is 2.25. The molecule has 0 amide bonds. The zero-order valence-electron chi connectivity index (χ0n) is 21.1. The first-order chi connectivity index (χ1) is 19.6. The van der Waals surface area contributed by atoms with Crippen molar-refractivity contribution in [1.29, 1.82) is 0 Å². The van der Waals surface area contributed by atoms with Crippen LogP contribution in [0.1, 0.15) is 52.3 Å². The van der Waals surface area contributed by atoms with Crippen molar-refractivity contribution in [2.24, 2.45) is 0 Å². The van der Waals surface area contributed by atoms with Crippen LogP contribution in [0.15, 0.2) is 54.6 Å². The molecule has 4 aromatic carbocycles. The van der Waals surface area contributed by atoms with Gasteiger partial charge >= 0.3 is 0 Å². The van der Waals surface area contributed by atoms with Crippen LogP contribution < -0.4 is 0 Å². The van der Waals surface area contributed by atoms with Gasteiger partial charge in [0.15, 0.2) is 40.7 Å². The van der Waals surface area contributed by atoms with Crippen LogP contribution in [0.2, 0.25) is 0 Å². The van der Waals surface area contributed by atoms with Crippen molar-refractivity contribution >= 4 is 0 Å². The van der Waals surface area contributed by atoms with Gasteiger partial charge in [0.1, 0.15) is 16.9 Å². The number of halogens is 8. The molecule has 0 saturated carbocycles. The highest BCUT2D eigenvalue weighted by atomic mass is 19.2. The van der Waals surface area contributed by atoms with E-state index in [4.69, 9.17) is 0 Å². The van der Waals surface area contributed by atoms with E-state index in [1.807, 2.05) is 0 Å². The molecule has 4 aromatic rings. The Hall–Kier alpha value is -5.00. The first-order valence-electron chi connectivity index (χ1n) is 12.1. The summed E-state index contributed by atoms with van der Waals surface area (Å²) in [6.07, 6.45) is 0.129. The first-order valence-corrected chi connectivity index (χ1v) is 12.1. The van der Waals surface area contributed by atoms with Gasteiger partial charge in [-0.2, -0.15) is 0 Å². The van der Waals surface area contributed by atoms with Crippen LogP contribution in [-0.2, 0) is 6.42 Å². The Morgan fingerprint density at radius 2 is 0.780 bits per heavy atom.